The molecular weight excluding hydrogens is 252 g/mol. The summed E-state index contributed by atoms with van der Waals surface area (Å²) in [6, 6.07) is 7.94. The van der Waals surface area contributed by atoms with E-state index in [1.807, 2.05) is 32.0 Å². The minimum absolute atomic E-state index is 0.0265. The van der Waals surface area contributed by atoms with Crippen LogP contribution in [0.2, 0.25) is 0 Å². The van der Waals surface area contributed by atoms with Gasteiger partial charge in [-0.05, 0) is 42.7 Å². The Morgan fingerprint density at radius 1 is 1.30 bits per heavy atom. The molecule has 2 unspecified atom stereocenters. The summed E-state index contributed by atoms with van der Waals surface area (Å²) in [6.45, 7) is 3.93. The first-order valence-corrected chi connectivity index (χ1v) is 7.39. The topological polar surface area (TPSA) is 46.5 Å². The molecule has 20 heavy (non-hydrogen) atoms. The molecular formula is C17H24O3. The maximum absolute atomic E-state index is 12.2. The molecule has 0 radical (unpaired) electrons. The normalized spacial score (nSPS) is 23.9. The molecule has 0 bridgehead atoms. The van der Waals surface area contributed by atoms with Crippen LogP contribution in [-0.2, 0) is 21.6 Å². The summed E-state index contributed by atoms with van der Waals surface area (Å²) < 4.78 is 4.95. The highest BCUT2D eigenvalue weighted by molar-refractivity contribution is 5.74. The molecule has 2 rings (SSSR count). The molecule has 0 heterocycles. The van der Waals surface area contributed by atoms with E-state index in [0.717, 1.165) is 30.4 Å². The predicted molar refractivity (Wildman–Crippen MR) is 78.2 cm³/mol. The van der Waals surface area contributed by atoms with Crippen LogP contribution >= 0.6 is 0 Å². The van der Waals surface area contributed by atoms with Gasteiger partial charge < -0.3 is 9.84 Å². The number of aliphatic hydroxyl groups is 1. The minimum Gasteiger partial charge on any atom is -0.469 e. The Labute approximate surface area is 121 Å². The predicted octanol–water partition coefficient (Wildman–Crippen LogP) is 3.05. The first-order chi connectivity index (χ1) is 9.50. The Bertz CT molecular complexity index is 481. The maximum Gasteiger partial charge on any atom is 0.312 e. The molecule has 1 aromatic rings. The summed E-state index contributed by atoms with van der Waals surface area (Å²) >= 11 is 0. The van der Waals surface area contributed by atoms with Gasteiger partial charge in [-0.3, -0.25) is 4.79 Å². The van der Waals surface area contributed by atoms with Gasteiger partial charge in [0.05, 0.1) is 13.0 Å². The van der Waals surface area contributed by atoms with Crippen molar-refractivity contribution in [3.05, 3.63) is 35.4 Å². The summed E-state index contributed by atoms with van der Waals surface area (Å²) in [5, 5.41) is 11.3. The van der Waals surface area contributed by atoms with Crippen molar-refractivity contribution in [3.8, 4) is 0 Å². The molecule has 110 valence electrons. The summed E-state index contributed by atoms with van der Waals surface area (Å²) in [4.78, 5) is 12.2. The maximum atomic E-state index is 12.2. The number of hydrogen-bond acceptors (Lipinski definition) is 3. The second kappa shape index (κ2) is 5.96. The third-order valence-corrected chi connectivity index (χ3v) is 4.37. The van der Waals surface area contributed by atoms with E-state index in [0.29, 0.717) is 6.42 Å². The van der Waals surface area contributed by atoms with E-state index in [-0.39, 0.29) is 11.9 Å². The summed E-state index contributed by atoms with van der Waals surface area (Å²) in [5.74, 6) is -0.815. The van der Waals surface area contributed by atoms with E-state index in [1.54, 1.807) is 0 Å². The van der Waals surface area contributed by atoms with Crippen LogP contribution in [0.3, 0.4) is 0 Å². The fourth-order valence-electron chi connectivity index (χ4n) is 3.47. The van der Waals surface area contributed by atoms with Crippen LogP contribution in [0.15, 0.2) is 24.3 Å². The number of hydrogen-bond donors (Lipinski definition) is 1. The van der Waals surface area contributed by atoms with Gasteiger partial charge in [0.25, 0.3) is 0 Å². The quantitative estimate of drug-likeness (QED) is 0.682. The van der Waals surface area contributed by atoms with Crippen LogP contribution in [0, 0.1) is 11.8 Å². The van der Waals surface area contributed by atoms with Crippen LogP contribution in [0.5, 0.6) is 0 Å². The summed E-state index contributed by atoms with van der Waals surface area (Å²) in [5.41, 5.74) is 0.942. The van der Waals surface area contributed by atoms with E-state index in [1.165, 1.54) is 7.11 Å². The van der Waals surface area contributed by atoms with Gasteiger partial charge >= 0.3 is 5.97 Å². The second-order valence-electron chi connectivity index (χ2n) is 6.03. The van der Waals surface area contributed by atoms with Gasteiger partial charge in [-0.1, -0.05) is 38.1 Å². The highest BCUT2D eigenvalue weighted by Gasteiger charge is 2.46. The van der Waals surface area contributed by atoms with Crippen molar-refractivity contribution in [2.24, 2.45) is 11.8 Å². The Kier molecular flexibility index (Phi) is 4.48. The fraction of sp³-hybridized carbons (Fsp3) is 0.588. The lowest BCUT2D eigenvalue weighted by molar-refractivity contribution is -0.161. The average Bonchev–Trinajstić information content (AvgIpc) is 2.59. The molecule has 1 aromatic carbocycles. The van der Waals surface area contributed by atoms with Gasteiger partial charge in [0.2, 0.25) is 0 Å². The third-order valence-electron chi connectivity index (χ3n) is 4.37. The number of esters is 1. The monoisotopic (exact) mass is 276 g/mol. The van der Waals surface area contributed by atoms with Crippen molar-refractivity contribution in [1.82, 2.24) is 0 Å². The highest BCUT2D eigenvalue weighted by Crippen LogP contribution is 2.43. The smallest absolute Gasteiger partial charge is 0.312 e. The zero-order valence-electron chi connectivity index (χ0n) is 12.6. The molecule has 0 spiro atoms. The molecule has 3 nitrogen and oxygen atoms in total. The van der Waals surface area contributed by atoms with Crippen molar-refractivity contribution in [2.45, 2.75) is 45.1 Å². The van der Waals surface area contributed by atoms with Crippen molar-refractivity contribution >= 4 is 5.97 Å². The molecule has 0 amide bonds. The van der Waals surface area contributed by atoms with Crippen molar-refractivity contribution in [2.75, 3.05) is 7.11 Å². The van der Waals surface area contributed by atoms with Crippen LogP contribution in [0.1, 0.15) is 44.2 Å². The standard InChI is InChI=1S/C17H24O3/c1-12(2)15(16(18)20-3)17(19)11-7-6-9-13-8-4-5-10-14(13)17/h4-5,8,10,12,15,19H,6-7,9,11H2,1-3H3. The Hall–Kier alpha value is -1.35. The summed E-state index contributed by atoms with van der Waals surface area (Å²) in [6.07, 6.45) is 3.54. The zero-order valence-corrected chi connectivity index (χ0v) is 12.6. The van der Waals surface area contributed by atoms with Gasteiger partial charge in [0.15, 0.2) is 0 Å². The van der Waals surface area contributed by atoms with Crippen LogP contribution in [0.25, 0.3) is 0 Å². The first-order valence-electron chi connectivity index (χ1n) is 7.39. The largest absolute Gasteiger partial charge is 0.469 e. The average molecular weight is 276 g/mol. The van der Waals surface area contributed by atoms with Gasteiger partial charge in [-0.25, -0.2) is 0 Å². The Morgan fingerprint density at radius 3 is 2.65 bits per heavy atom. The highest BCUT2D eigenvalue weighted by atomic mass is 16.5. The molecule has 0 saturated carbocycles. The van der Waals surface area contributed by atoms with Gasteiger partial charge in [0, 0.05) is 0 Å². The number of carbonyl (C=O) groups excluding carboxylic acids is 1. The van der Waals surface area contributed by atoms with Crippen molar-refractivity contribution in [3.63, 3.8) is 0 Å². The molecule has 3 heteroatoms. The molecule has 0 saturated heterocycles. The SMILES string of the molecule is COC(=O)C(C(C)C)C1(O)CCCCc2ccccc21. The third kappa shape index (κ3) is 2.59. The van der Waals surface area contributed by atoms with E-state index >= 15 is 0 Å². The number of benzene rings is 1. The van der Waals surface area contributed by atoms with Crippen LogP contribution < -0.4 is 0 Å². The number of carbonyl (C=O) groups is 1. The van der Waals surface area contributed by atoms with E-state index in [9.17, 15) is 9.90 Å². The zero-order chi connectivity index (χ0) is 14.8. The Balaban J connectivity index is 2.53. The lowest BCUT2D eigenvalue weighted by Gasteiger charge is -2.37. The number of rotatable bonds is 3. The molecule has 0 aliphatic heterocycles. The molecule has 0 fully saturated rings. The second-order valence-corrected chi connectivity index (χ2v) is 6.03. The van der Waals surface area contributed by atoms with Gasteiger partial charge in [-0.15, -0.1) is 0 Å². The van der Waals surface area contributed by atoms with Crippen molar-refractivity contribution in [1.29, 1.82) is 0 Å². The lowest BCUT2D eigenvalue weighted by Crippen LogP contribution is -2.43. The molecule has 0 aromatic heterocycles. The number of methoxy groups -OCH3 is 1. The number of fused-ring (bicyclic) bond motifs is 1. The fourth-order valence-corrected chi connectivity index (χ4v) is 3.47. The van der Waals surface area contributed by atoms with Crippen LogP contribution in [-0.4, -0.2) is 18.2 Å². The van der Waals surface area contributed by atoms with E-state index < -0.39 is 11.5 Å². The molecule has 1 aliphatic rings. The van der Waals surface area contributed by atoms with Gasteiger partial charge in [-0.2, -0.15) is 0 Å². The van der Waals surface area contributed by atoms with Crippen molar-refractivity contribution < 1.29 is 14.6 Å². The first kappa shape index (κ1) is 15.0. The summed E-state index contributed by atoms with van der Waals surface area (Å²) in [7, 11) is 1.39. The lowest BCUT2D eigenvalue weighted by atomic mass is 9.72. The van der Waals surface area contributed by atoms with Gasteiger partial charge in [0.1, 0.15) is 5.60 Å². The Morgan fingerprint density at radius 2 is 2.00 bits per heavy atom. The molecule has 1 aliphatic carbocycles. The number of ether oxygens (including phenoxy) is 1. The van der Waals surface area contributed by atoms with E-state index in [2.05, 4.69) is 6.07 Å². The number of aryl methyl sites for hydroxylation is 1. The van der Waals surface area contributed by atoms with Crippen LogP contribution in [0.4, 0.5) is 0 Å². The minimum atomic E-state index is -1.12. The van der Waals surface area contributed by atoms with E-state index in [4.69, 9.17) is 4.74 Å². The molecule has 1 N–H and O–H groups in total. The molecule has 2 atom stereocenters.